The van der Waals surface area contributed by atoms with Gasteiger partial charge < -0.3 is 15.4 Å². The van der Waals surface area contributed by atoms with E-state index in [1.54, 1.807) is 18.2 Å². The highest BCUT2D eigenvalue weighted by Crippen LogP contribution is 2.27. The van der Waals surface area contributed by atoms with E-state index in [0.29, 0.717) is 10.0 Å². The Kier molecular flexibility index (Phi) is 5.16. The number of halogens is 2. The zero-order chi connectivity index (χ0) is 18.0. The van der Waals surface area contributed by atoms with Gasteiger partial charge in [0.2, 0.25) is 0 Å². The first kappa shape index (κ1) is 17.6. The minimum absolute atomic E-state index is 0.150. The molecule has 7 heteroatoms. The van der Waals surface area contributed by atoms with Crippen molar-refractivity contribution in [2.24, 2.45) is 0 Å². The van der Waals surface area contributed by atoms with Crippen molar-refractivity contribution in [3.8, 4) is 0 Å². The van der Waals surface area contributed by atoms with Crippen molar-refractivity contribution < 1.29 is 14.3 Å². The van der Waals surface area contributed by atoms with Gasteiger partial charge >= 0.3 is 6.09 Å². The molecule has 0 saturated carbocycles. The molecule has 1 aliphatic rings. The number of hydrogen-bond acceptors (Lipinski definition) is 3. The number of rotatable bonds is 4. The Hall–Kier alpha value is -2.24. The largest absolute Gasteiger partial charge is 0.434 e. The number of nitrogens with one attached hydrogen (secondary N) is 2. The van der Waals surface area contributed by atoms with E-state index < -0.39 is 18.2 Å². The minimum Gasteiger partial charge on any atom is -0.434 e. The maximum Gasteiger partial charge on any atom is 0.408 e. The second kappa shape index (κ2) is 7.33. The average molecular weight is 379 g/mol. The lowest BCUT2D eigenvalue weighted by Crippen LogP contribution is -2.39. The third kappa shape index (κ3) is 4.06. The van der Waals surface area contributed by atoms with Crippen LogP contribution in [0.5, 0.6) is 0 Å². The van der Waals surface area contributed by atoms with Crippen molar-refractivity contribution >= 4 is 35.2 Å². The van der Waals surface area contributed by atoms with E-state index in [-0.39, 0.29) is 12.5 Å². The van der Waals surface area contributed by atoms with E-state index in [2.05, 4.69) is 10.6 Å². The lowest BCUT2D eigenvalue weighted by Gasteiger charge is -2.22. The van der Waals surface area contributed by atoms with Crippen LogP contribution in [0.4, 0.5) is 4.79 Å². The number of ether oxygens (including phenoxy) is 1. The maximum absolute atomic E-state index is 12.5. The minimum atomic E-state index is -0.851. The molecule has 2 atom stereocenters. The third-order valence-electron chi connectivity index (χ3n) is 3.98. The van der Waals surface area contributed by atoms with E-state index >= 15 is 0 Å². The number of carbonyl (C=O) groups excluding carboxylic acids is 2. The van der Waals surface area contributed by atoms with Gasteiger partial charge in [0.25, 0.3) is 5.91 Å². The number of amides is 2. The molecule has 1 fully saturated rings. The molecule has 3 rings (SSSR count). The Morgan fingerprint density at radius 1 is 1.20 bits per heavy atom. The number of cyclic esters (lactones) is 1. The predicted octanol–water partition coefficient (Wildman–Crippen LogP) is 3.62. The Bertz CT molecular complexity index is 808. The van der Waals surface area contributed by atoms with Crippen LogP contribution in [-0.2, 0) is 9.53 Å². The lowest BCUT2D eigenvalue weighted by molar-refractivity contribution is -0.128. The van der Waals surface area contributed by atoms with Gasteiger partial charge in [0.15, 0.2) is 6.10 Å². The summed E-state index contributed by atoms with van der Waals surface area (Å²) in [7, 11) is 0. The summed E-state index contributed by atoms with van der Waals surface area (Å²) in [4.78, 5) is 23.6. The van der Waals surface area contributed by atoms with Gasteiger partial charge in [0.1, 0.15) is 0 Å². The summed E-state index contributed by atoms with van der Waals surface area (Å²) in [5.74, 6) is -0.370. The predicted molar refractivity (Wildman–Crippen MR) is 95.9 cm³/mol. The first-order chi connectivity index (χ1) is 11.9. The molecule has 2 amide bonds. The van der Waals surface area contributed by atoms with Crippen LogP contribution < -0.4 is 10.6 Å². The first-order valence-electron chi connectivity index (χ1n) is 7.70. The Morgan fingerprint density at radius 2 is 1.88 bits per heavy atom. The van der Waals surface area contributed by atoms with Gasteiger partial charge in [-0.3, -0.25) is 4.79 Å². The molecule has 2 aromatic rings. The molecule has 2 N–H and O–H groups in total. The van der Waals surface area contributed by atoms with E-state index in [0.717, 1.165) is 16.7 Å². The van der Waals surface area contributed by atoms with E-state index in [4.69, 9.17) is 27.9 Å². The summed E-state index contributed by atoms with van der Waals surface area (Å²) >= 11 is 12.1. The molecular formula is C18H16Cl2N2O3. The highest BCUT2D eigenvalue weighted by atomic mass is 35.5. The molecule has 0 bridgehead atoms. The Balaban J connectivity index is 1.91. The van der Waals surface area contributed by atoms with Gasteiger partial charge in [-0.05, 0) is 41.8 Å². The summed E-state index contributed by atoms with van der Waals surface area (Å²) in [6.45, 7) is 2.05. The van der Waals surface area contributed by atoms with E-state index in [9.17, 15) is 9.59 Å². The van der Waals surface area contributed by atoms with Gasteiger partial charge in [-0.15, -0.1) is 0 Å². The number of hydrogen-bond donors (Lipinski definition) is 2. The molecular weight excluding hydrogens is 363 g/mol. The summed E-state index contributed by atoms with van der Waals surface area (Å²) < 4.78 is 4.95. The van der Waals surface area contributed by atoms with E-state index in [1.165, 1.54) is 0 Å². The number of carbonyl (C=O) groups is 2. The summed E-state index contributed by atoms with van der Waals surface area (Å²) in [5.41, 5.74) is 2.63. The molecule has 0 radical (unpaired) electrons. The van der Waals surface area contributed by atoms with Gasteiger partial charge in [-0.2, -0.15) is 0 Å². The molecule has 0 aromatic heterocycles. The number of aryl methyl sites for hydroxylation is 1. The highest BCUT2D eigenvalue weighted by molar-refractivity contribution is 6.31. The Labute approximate surface area is 155 Å². The number of benzene rings is 2. The quantitative estimate of drug-likeness (QED) is 0.853. The smallest absolute Gasteiger partial charge is 0.408 e. The summed E-state index contributed by atoms with van der Waals surface area (Å²) in [5, 5.41) is 6.66. The molecule has 25 heavy (non-hydrogen) atoms. The fourth-order valence-electron chi connectivity index (χ4n) is 2.63. The molecule has 5 nitrogen and oxygen atoms in total. The van der Waals surface area contributed by atoms with Gasteiger partial charge in [-0.25, -0.2) is 4.79 Å². The average Bonchev–Trinajstić information content (AvgIpc) is 3.03. The number of alkyl carbamates (subject to hydrolysis) is 1. The SMILES string of the molecule is Cc1cc([C@@H](NC(=O)C2CNC(=O)O2)c2ccc(Cl)cc2)ccc1Cl. The van der Waals surface area contributed by atoms with Crippen molar-refractivity contribution in [3.05, 3.63) is 69.2 Å². The molecule has 2 aromatic carbocycles. The van der Waals surface area contributed by atoms with Crippen LogP contribution in [0.1, 0.15) is 22.7 Å². The van der Waals surface area contributed by atoms with Gasteiger partial charge in [-0.1, -0.05) is 47.5 Å². The monoisotopic (exact) mass is 378 g/mol. The fourth-order valence-corrected chi connectivity index (χ4v) is 2.88. The zero-order valence-corrected chi connectivity index (χ0v) is 14.9. The molecule has 1 aliphatic heterocycles. The summed E-state index contributed by atoms with van der Waals surface area (Å²) in [6, 6.07) is 12.4. The van der Waals surface area contributed by atoms with Gasteiger partial charge in [0.05, 0.1) is 12.6 Å². The van der Waals surface area contributed by atoms with Crippen LogP contribution >= 0.6 is 23.2 Å². The van der Waals surface area contributed by atoms with Crippen LogP contribution in [0, 0.1) is 6.92 Å². The maximum atomic E-state index is 12.5. The van der Waals surface area contributed by atoms with Crippen molar-refractivity contribution in [2.45, 2.75) is 19.1 Å². The standard InChI is InChI=1S/C18H16Cl2N2O3/c1-10-8-12(4-7-14(10)20)16(11-2-5-13(19)6-3-11)22-17(23)15-9-21-18(24)25-15/h2-8,15-16H,9H2,1H3,(H,21,24)(H,22,23)/t15?,16-/m0/s1. The zero-order valence-electron chi connectivity index (χ0n) is 13.4. The Morgan fingerprint density at radius 3 is 2.48 bits per heavy atom. The topological polar surface area (TPSA) is 67.4 Å². The van der Waals surface area contributed by atoms with Crippen molar-refractivity contribution in [1.29, 1.82) is 0 Å². The van der Waals surface area contributed by atoms with Crippen molar-refractivity contribution in [2.75, 3.05) is 6.54 Å². The van der Waals surface area contributed by atoms with Crippen LogP contribution in [-0.4, -0.2) is 24.6 Å². The molecule has 1 saturated heterocycles. The first-order valence-corrected chi connectivity index (χ1v) is 8.46. The third-order valence-corrected chi connectivity index (χ3v) is 4.65. The van der Waals surface area contributed by atoms with Gasteiger partial charge in [0, 0.05) is 10.0 Å². The second-order valence-electron chi connectivity index (χ2n) is 5.78. The normalized spacial score (nSPS) is 17.6. The van der Waals surface area contributed by atoms with Crippen LogP contribution in [0.25, 0.3) is 0 Å². The second-order valence-corrected chi connectivity index (χ2v) is 6.62. The molecule has 130 valence electrons. The van der Waals surface area contributed by atoms with E-state index in [1.807, 2.05) is 31.2 Å². The van der Waals surface area contributed by atoms with Crippen LogP contribution in [0.15, 0.2) is 42.5 Å². The molecule has 1 unspecified atom stereocenters. The highest BCUT2D eigenvalue weighted by Gasteiger charge is 2.31. The van der Waals surface area contributed by atoms with Crippen molar-refractivity contribution in [1.82, 2.24) is 10.6 Å². The molecule has 0 aliphatic carbocycles. The molecule has 0 spiro atoms. The van der Waals surface area contributed by atoms with Crippen molar-refractivity contribution in [3.63, 3.8) is 0 Å². The van der Waals surface area contributed by atoms with Crippen LogP contribution in [0.2, 0.25) is 10.0 Å². The fraction of sp³-hybridized carbons (Fsp3) is 0.222. The van der Waals surface area contributed by atoms with Crippen LogP contribution in [0.3, 0.4) is 0 Å². The lowest BCUT2D eigenvalue weighted by atomic mass is 9.97. The summed E-state index contributed by atoms with van der Waals surface area (Å²) in [6.07, 6.45) is -1.44. The molecule has 1 heterocycles.